The molecule has 0 bridgehead atoms. The van der Waals surface area contributed by atoms with Crippen molar-refractivity contribution in [3.8, 4) is 5.75 Å². The summed E-state index contributed by atoms with van der Waals surface area (Å²) < 4.78 is 5.23. The van der Waals surface area contributed by atoms with Crippen molar-refractivity contribution in [2.45, 2.75) is 20.0 Å². The monoisotopic (exact) mass is 287 g/mol. The molecule has 1 aromatic carbocycles. The number of nitro groups is 1. The fourth-order valence-corrected chi connectivity index (χ4v) is 2.05. The van der Waals surface area contributed by atoms with E-state index in [0.717, 1.165) is 16.7 Å². The van der Waals surface area contributed by atoms with E-state index in [0.29, 0.717) is 18.8 Å². The van der Waals surface area contributed by atoms with Crippen molar-refractivity contribution in [3.63, 3.8) is 0 Å². The van der Waals surface area contributed by atoms with Gasteiger partial charge in [0.2, 0.25) is 0 Å². The summed E-state index contributed by atoms with van der Waals surface area (Å²) in [7, 11) is 1.55. The van der Waals surface area contributed by atoms with Gasteiger partial charge in [-0.3, -0.25) is 15.1 Å². The van der Waals surface area contributed by atoms with Gasteiger partial charge in [-0.2, -0.15) is 0 Å². The zero-order chi connectivity index (χ0) is 15.2. The molecule has 0 radical (unpaired) electrons. The minimum atomic E-state index is -0.407. The first-order valence-electron chi connectivity index (χ1n) is 6.53. The van der Waals surface area contributed by atoms with E-state index < -0.39 is 4.92 Å². The number of nitrogens with one attached hydrogen (secondary N) is 1. The number of rotatable bonds is 6. The summed E-state index contributed by atoms with van der Waals surface area (Å²) in [5, 5.41) is 14.1. The Balaban J connectivity index is 2.07. The maximum atomic E-state index is 10.8. The molecular weight excluding hydrogens is 270 g/mol. The van der Waals surface area contributed by atoms with Crippen molar-refractivity contribution in [1.82, 2.24) is 10.3 Å². The van der Waals surface area contributed by atoms with Crippen LogP contribution in [0.1, 0.15) is 16.7 Å². The maximum Gasteiger partial charge on any atom is 0.270 e. The van der Waals surface area contributed by atoms with Crippen molar-refractivity contribution < 1.29 is 9.66 Å². The lowest BCUT2D eigenvalue weighted by molar-refractivity contribution is -0.384. The van der Waals surface area contributed by atoms with Crippen LogP contribution in [0, 0.1) is 17.0 Å². The Labute approximate surface area is 122 Å². The second kappa shape index (κ2) is 6.81. The molecule has 1 N–H and O–H groups in total. The van der Waals surface area contributed by atoms with E-state index in [4.69, 9.17) is 4.74 Å². The van der Waals surface area contributed by atoms with E-state index in [2.05, 4.69) is 10.3 Å². The first-order chi connectivity index (χ1) is 10.1. The summed E-state index contributed by atoms with van der Waals surface area (Å²) in [6.45, 7) is 3.16. The first-order valence-corrected chi connectivity index (χ1v) is 6.53. The van der Waals surface area contributed by atoms with E-state index in [1.54, 1.807) is 19.4 Å². The van der Waals surface area contributed by atoms with Crippen LogP contribution in [0.4, 0.5) is 5.69 Å². The molecule has 0 aliphatic heterocycles. The van der Waals surface area contributed by atoms with Crippen LogP contribution in [-0.2, 0) is 13.1 Å². The fraction of sp³-hybridized carbons (Fsp3) is 0.267. The smallest absolute Gasteiger partial charge is 0.270 e. The van der Waals surface area contributed by atoms with Gasteiger partial charge in [0.1, 0.15) is 5.75 Å². The van der Waals surface area contributed by atoms with Gasteiger partial charge in [0.05, 0.1) is 12.0 Å². The average Bonchev–Trinajstić information content (AvgIpc) is 2.49. The lowest BCUT2D eigenvalue weighted by Crippen LogP contribution is -2.14. The molecule has 0 atom stereocenters. The van der Waals surface area contributed by atoms with Crippen LogP contribution in [0.25, 0.3) is 0 Å². The lowest BCUT2D eigenvalue weighted by Gasteiger charge is -2.10. The lowest BCUT2D eigenvalue weighted by atomic mass is 10.1. The molecule has 0 amide bonds. The number of methoxy groups -OCH3 is 1. The Morgan fingerprint density at radius 2 is 2.05 bits per heavy atom. The summed E-state index contributed by atoms with van der Waals surface area (Å²) >= 11 is 0. The van der Waals surface area contributed by atoms with Gasteiger partial charge < -0.3 is 10.1 Å². The quantitative estimate of drug-likeness (QED) is 0.652. The van der Waals surface area contributed by atoms with Crippen molar-refractivity contribution in [2.24, 2.45) is 0 Å². The number of ether oxygens (including phenoxy) is 1. The normalized spacial score (nSPS) is 10.4. The number of aromatic nitrogens is 1. The van der Waals surface area contributed by atoms with E-state index in [1.165, 1.54) is 12.1 Å². The minimum Gasteiger partial charge on any atom is -0.496 e. The Bertz CT molecular complexity index is 644. The summed E-state index contributed by atoms with van der Waals surface area (Å²) in [5.41, 5.74) is 3.08. The molecule has 2 aromatic rings. The summed E-state index contributed by atoms with van der Waals surface area (Å²) in [6.07, 6.45) is 3.56. The molecule has 0 unspecified atom stereocenters. The molecule has 0 fully saturated rings. The number of benzene rings is 1. The van der Waals surface area contributed by atoms with Gasteiger partial charge in [0.25, 0.3) is 5.69 Å². The van der Waals surface area contributed by atoms with Crippen LogP contribution in [0.5, 0.6) is 5.75 Å². The zero-order valence-electron chi connectivity index (χ0n) is 12.0. The van der Waals surface area contributed by atoms with Crippen LogP contribution in [0.2, 0.25) is 0 Å². The van der Waals surface area contributed by atoms with E-state index >= 15 is 0 Å². The van der Waals surface area contributed by atoms with Crippen LogP contribution in [0.3, 0.4) is 0 Å². The zero-order valence-corrected chi connectivity index (χ0v) is 12.0. The Morgan fingerprint density at radius 1 is 1.29 bits per heavy atom. The third-order valence-corrected chi connectivity index (χ3v) is 3.24. The third kappa shape index (κ3) is 3.76. The van der Waals surface area contributed by atoms with Crippen LogP contribution >= 0.6 is 0 Å². The van der Waals surface area contributed by atoms with Gasteiger partial charge in [-0.25, -0.2) is 0 Å². The SMILES string of the molecule is COc1ccc([N+](=O)[O-])cc1CNCc1ccncc1C. The highest BCUT2D eigenvalue weighted by Crippen LogP contribution is 2.23. The Hall–Kier alpha value is -2.47. The molecule has 0 aliphatic rings. The molecule has 1 heterocycles. The predicted octanol–water partition coefficient (Wildman–Crippen LogP) is 2.60. The van der Waals surface area contributed by atoms with Crippen LogP contribution in [-0.4, -0.2) is 17.0 Å². The Kier molecular flexibility index (Phi) is 4.84. The highest BCUT2D eigenvalue weighted by Gasteiger charge is 2.11. The Morgan fingerprint density at radius 3 is 2.71 bits per heavy atom. The number of nitrogens with zero attached hydrogens (tertiary/aromatic N) is 2. The van der Waals surface area contributed by atoms with Gasteiger partial charge in [0, 0.05) is 43.2 Å². The largest absolute Gasteiger partial charge is 0.496 e. The molecule has 21 heavy (non-hydrogen) atoms. The van der Waals surface area contributed by atoms with Crippen molar-refractivity contribution in [2.75, 3.05) is 7.11 Å². The number of aryl methyl sites for hydroxylation is 1. The second-order valence-electron chi connectivity index (χ2n) is 4.66. The number of nitro benzene ring substituents is 1. The minimum absolute atomic E-state index is 0.0627. The van der Waals surface area contributed by atoms with E-state index in [-0.39, 0.29) is 5.69 Å². The number of pyridine rings is 1. The highest BCUT2D eigenvalue weighted by molar-refractivity contribution is 5.43. The average molecular weight is 287 g/mol. The molecule has 0 aliphatic carbocycles. The van der Waals surface area contributed by atoms with Crippen molar-refractivity contribution in [3.05, 3.63) is 63.5 Å². The molecular formula is C15H17N3O3. The van der Waals surface area contributed by atoms with Gasteiger partial charge in [-0.05, 0) is 30.2 Å². The standard InChI is InChI=1S/C15H17N3O3/c1-11-8-16-6-5-12(11)9-17-10-13-7-14(18(19)20)3-4-15(13)21-2/h3-8,17H,9-10H2,1-2H3. The highest BCUT2D eigenvalue weighted by atomic mass is 16.6. The van der Waals surface area contributed by atoms with Crippen molar-refractivity contribution in [1.29, 1.82) is 0 Å². The molecule has 110 valence electrons. The third-order valence-electron chi connectivity index (χ3n) is 3.24. The molecule has 0 saturated heterocycles. The van der Waals surface area contributed by atoms with Gasteiger partial charge in [0.15, 0.2) is 0 Å². The van der Waals surface area contributed by atoms with E-state index in [1.807, 2.05) is 19.2 Å². The second-order valence-corrected chi connectivity index (χ2v) is 4.66. The fourth-order valence-electron chi connectivity index (χ4n) is 2.05. The molecule has 1 aromatic heterocycles. The van der Waals surface area contributed by atoms with Gasteiger partial charge >= 0.3 is 0 Å². The maximum absolute atomic E-state index is 10.8. The molecule has 0 saturated carbocycles. The van der Waals surface area contributed by atoms with Gasteiger partial charge in [-0.15, -0.1) is 0 Å². The van der Waals surface area contributed by atoms with E-state index in [9.17, 15) is 10.1 Å². The van der Waals surface area contributed by atoms with Crippen LogP contribution in [0.15, 0.2) is 36.7 Å². The summed E-state index contributed by atoms with van der Waals surface area (Å²) in [5.74, 6) is 0.638. The van der Waals surface area contributed by atoms with Crippen LogP contribution < -0.4 is 10.1 Å². The summed E-state index contributed by atoms with van der Waals surface area (Å²) in [4.78, 5) is 14.5. The summed E-state index contributed by atoms with van der Waals surface area (Å²) in [6, 6.07) is 6.54. The molecule has 6 nitrogen and oxygen atoms in total. The molecule has 2 rings (SSSR count). The number of hydrogen-bond donors (Lipinski definition) is 1. The number of hydrogen-bond acceptors (Lipinski definition) is 5. The predicted molar refractivity (Wildman–Crippen MR) is 79.2 cm³/mol. The number of non-ortho nitro benzene ring substituents is 1. The topological polar surface area (TPSA) is 77.3 Å². The van der Waals surface area contributed by atoms with Crippen molar-refractivity contribution >= 4 is 5.69 Å². The molecule has 6 heteroatoms. The first kappa shape index (κ1) is 14.9. The molecule has 0 spiro atoms. The van der Waals surface area contributed by atoms with Gasteiger partial charge in [-0.1, -0.05) is 0 Å².